The van der Waals surface area contributed by atoms with Crippen molar-refractivity contribution >= 4 is 15.9 Å². The highest BCUT2D eigenvalue weighted by atomic mass is 32.2. The van der Waals surface area contributed by atoms with Gasteiger partial charge in [-0.05, 0) is 57.1 Å². The van der Waals surface area contributed by atoms with Crippen LogP contribution >= 0.6 is 0 Å². The lowest BCUT2D eigenvalue weighted by Crippen LogP contribution is -2.43. The zero-order valence-electron chi connectivity index (χ0n) is 13.1. The topological polar surface area (TPSA) is 75.7 Å². The molecule has 7 heteroatoms. The minimum Gasteiger partial charge on any atom is -0.497 e. The van der Waals surface area contributed by atoms with Crippen LogP contribution in [0.15, 0.2) is 23.1 Å². The van der Waals surface area contributed by atoms with Crippen LogP contribution in [0.5, 0.6) is 5.75 Å². The van der Waals surface area contributed by atoms with Crippen LogP contribution in [0.1, 0.15) is 18.4 Å². The number of piperidine rings is 1. The van der Waals surface area contributed by atoms with Crippen LogP contribution in [-0.2, 0) is 14.8 Å². The molecule has 0 bridgehead atoms. The van der Waals surface area contributed by atoms with Gasteiger partial charge in [-0.15, -0.1) is 0 Å². The summed E-state index contributed by atoms with van der Waals surface area (Å²) in [6, 6.07) is 4.66. The van der Waals surface area contributed by atoms with Crippen molar-refractivity contribution in [2.45, 2.75) is 24.7 Å². The van der Waals surface area contributed by atoms with Crippen molar-refractivity contribution in [3.8, 4) is 5.75 Å². The summed E-state index contributed by atoms with van der Waals surface area (Å²) >= 11 is 0. The third-order valence-electron chi connectivity index (χ3n) is 3.90. The normalized spacial score (nSPS) is 19.7. The SMILES string of the molecule is COc1ccc(S(=O)(=O)NC(=O)C2CCCN(C)C2)c(C)c1. The zero-order valence-corrected chi connectivity index (χ0v) is 13.9. The standard InChI is InChI=1S/C15H22N2O4S/c1-11-9-13(21-3)6-7-14(11)22(19,20)16-15(18)12-5-4-8-17(2)10-12/h6-7,9,12H,4-5,8,10H2,1-3H3,(H,16,18). The summed E-state index contributed by atoms with van der Waals surface area (Å²) in [6.07, 6.45) is 1.61. The number of carbonyl (C=O) groups is 1. The predicted molar refractivity (Wildman–Crippen MR) is 83.3 cm³/mol. The third kappa shape index (κ3) is 3.78. The molecule has 2 rings (SSSR count). The number of sulfonamides is 1. The molecule has 0 aromatic heterocycles. The number of aryl methyl sites for hydroxylation is 1. The van der Waals surface area contributed by atoms with Gasteiger partial charge in [0.15, 0.2) is 0 Å². The Balaban J connectivity index is 2.15. The number of hydrogen-bond acceptors (Lipinski definition) is 5. The van der Waals surface area contributed by atoms with Gasteiger partial charge in [-0.2, -0.15) is 0 Å². The molecule has 1 fully saturated rings. The van der Waals surface area contributed by atoms with Crippen molar-refractivity contribution in [3.63, 3.8) is 0 Å². The highest BCUT2D eigenvalue weighted by molar-refractivity contribution is 7.90. The van der Waals surface area contributed by atoms with E-state index in [-0.39, 0.29) is 10.8 Å². The van der Waals surface area contributed by atoms with Crippen molar-refractivity contribution in [1.29, 1.82) is 0 Å². The van der Waals surface area contributed by atoms with Crippen molar-refractivity contribution in [3.05, 3.63) is 23.8 Å². The van der Waals surface area contributed by atoms with Crippen molar-refractivity contribution in [2.24, 2.45) is 5.92 Å². The van der Waals surface area contributed by atoms with E-state index in [2.05, 4.69) is 4.72 Å². The molecule has 1 unspecified atom stereocenters. The van der Waals surface area contributed by atoms with Gasteiger partial charge in [-0.1, -0.05) is 0 Å². The molecule has 122 valence electrons. The molecule has 0 radical (unpaired) electrons. The molecule has 22 heavy (non-hydrogen) atoms. The number of amides is 1. The van der Waals surface area contributed by atoms with Crippen LogP contribution in [0.25, 0.3) is 0 Å². The van der Waals surface area contributed by atoms with Gasteiger partial charge in [0.2, 0.25) is 5.91 Å². The molecule has 1 atom stereocenters. The number of methoxy groups -OCH3 is 1. The minimum atomic E-state index is -3.86. The van der Waals surface area contributed by atoms with E-state index >= 15 is 0 Å². The number of rotatable bonds is 4. The summed E-state index contributed by atoms with van der Waals surface area (Å²) in [6.45, 7) is 3.20. The van der Waals surface area contributed by atoms with Crippen LogP contribution in [0.3, 0.4) is 0 Å². The van der Waals surface area contributed by atoms with Gasteiger partial charge in [0.1, 0.15) is 5.75 Å². The zero-order chi connectivity index (χ0) is 16.3. The number of carbonyl (C=O) groups excluding carboxylic acids is 1. The molecule has 1 saturated heterocycles. The molecule has 1 aliphatic heterocycles. The van der Waals surface area contributed by atoms with Gasteiger partial charge in [0, 0.05) is 6.54 Å². The molecule has 1 N–H and O–H groups in total. The van der Waals surface area contributed by atoms with Gasteiger partial charge in [-0.25, -0.2) is 13.1 Å². The Kier molecular flexibility index (Phi) is 5.08. The molecule has 0 aliphatic carbocycles. The van der Waals surface area contributed by atoms with Crippen LogP contribution in [0.2, 0.25) is 0 Å². The Morgan fingerprint density at radius 1 is 1.41 bits per heavy atom. The second-order valence-electron chi connectivity index (χ2n) is 5.70. The summed E-state index contributed by atoms with van der Waals surface area (Å²) in [5.74, 6) is -0.134. The van der Waals surface area contributed by atoms with Crippen LogP contribution in [-0.4, -0.2) is 46.5 Å². The van der Waals surface area contributed by atoms with Gasteiger partial charge in [-0.3, -0.25) is 4.79 Å². The Hall–Kier alpha value is -1.60. The molecule has 1 heterocycles. The molecule has 0 saturated carbocycles. The van der Waals surface area contributed by atoms with E-state index in [0.717, 1.165) is 13.0 Å². The molecule has 1 amide bonds. The number of nitrogens with zero attached hydrogens (tertiary/aromatic N) is 1. The van der Waals surface area contributed by atoms with E-state index in [1.165, 1.54) is 13.2 Å². The lowest BCUT2D eigenvalue weighted by Gasteiger charge is -2.28. The number of nitrogens with one attached hydrogen (secondary N) is 1. The van der Waals surface area contributed by atoms with E-state index in [1.807, 2.05) is 11.9 Å². The average Bonchev–Trinajstić information content (AvgIpc) is 2.46. The number of hydrogen-bond donors (Lipinski definition) is 1. The van der Waals surface area contributed by atoms with E-state index < -0.39 is 15.9 Å². The van der Waals surface area contributed by atoms with E-state index in [9.17, 15) is 13.2 Å². The molecular formula is C15H22N2O4S. The average molecular weight is 326 g/mol. The first-order valence-electron chi connectivity index (χ1n) is 7.23. The van der Waals surface area contributed by atoms with Crippen molar-refractivity contribution in [2.75, 3.05) is 27.2 Å². The smallest absolute Gasteiger partial charge is 0.264 e. The largest absolute Gasteiger partial charge is 0.497 e. The van der Waals surface area contributed by atoms with E-state index in [0.29, 0.717) is 24.3 Å². The lowest BCUT2D eigenvalue weighted by atomic mass is 9.98. The summed E-state index contributed by atoms with van der Waals surface area (Å²) in [7, 11) is -0.405. The number of benzene rings is 1. The number of likely N-dealkylation sites (tertiary alicyclic amines) is 1. The second-order valence-corrected chi connectivity index (χ2v) is 7.35. The molecule has 1 aromatic carbocycles. The summed E-state index contributed by atoms with van der Waals surface area (Å²) in [5.41, 5.74) is 0.542. The third-order valence-corrected chi connectivity index (χ3v) is 5.41. The Morgan fingerprint density at radius 2 is 2.14 bits per heavy atom. The molecular weight excluding hydrogens is 304 g/mol. The Morgan fingerprint density at radius 3 is 2.73 bits per heavy atom. The minimum absolute atomic E-state index is 0.103. The van der Waals surface area contributed by atoms with Crippen molar-refractivity contribution in [1.82, 2.24) is 9.62 Å². The number of ether oxygens (including phenoxy) is 1. The predicted octanol–water partition coefficient (Wildman–Crippen LogP) is 1.15. The summed E-state index contributed by atoms with van der Waals surface area (Å²) < 4.78 is 32.1. The monoisotopic (exact) mass is 326 g/mol. The highest BCUT2D eigenvalue weighted by Gasteiger charge is 2.28. The molecule has 1 aliphatic rings. The first-order chi connectivity index (χ1) is 10.3. The summed E-state index contributed by atoms with van der Waals surface area (Å²) in [4.78, 5) is 14.4. The van der Waals surface area contributed by atoms with Gasteiger partial charge < -0.3 is 9.64 Å². The van der Waals surface area contributed by atoms with Gasteiger partial charge >= 0.3 is 0 Å². The lowest BCUT2D eigenvalue weighted by molar-refractivity contribution is -0.124. The Bertz CT molecular complexity index is 658. The Labute approximate surface area is 131 Å². The van der Waals surface area contributed by atoms with Crippen LogP contribution < -0.4 is 9.46 Å². The first kappa shape index (κ1) is 16.8. The maximum absolute atomic E-state index is 12.4. The fraction of sp³-hybridized carbons (Fsp3) is 0.533. The van der Waals surface area contributed by atoms with Gasteiger partial charge in [0.05, 0.1) is 17.9 Å². The highest BCUT2D eigenvalue weighted by Crippen LogP contribution is 2.22. The second kappa shape index (κ2) is 6.66. The maximum atomic E-state index is 12.4. The van der Waals surface area contributed by atoms with E-state index in [4.69, 9.17) is 4.74 Å². The van der Waals surface area contributed by atoms with Gasteiger partial charge in [0.25, 0.3) is 10.0 Å². The van der Waals surface area contributed by atoms with Crippen LogP contribution in [0.4, 0.5) is 0 Å². The quantitative estimate of drug-likeness (QED) is 0.898. The van der Waals surface area contributed by atoms with Crippen molar-refractivity contribution < 1.29 is 17.9 Å². The van der Waals surface area contributed by atoms with Crippen LogP contribution in [0, 0.1) is 12.8 Å². The maximum Gasteiger partial charge on any atom is 0.264 e. The molecule has 1 aromatic rings. The fourth-order valence-electron chi connectivity index (χ4n) is 2.70. The first-order valence-corrected chi connectivity index (χ1v) is 8.71. The summed E-state index contributed by atoms with van der Waals surface area (Å²) in [5, 5.41) is 0. The van der Waals surface area contributed by atoms with E-state index in [1.54, 1.807) is 19.1 Å². The fourth-order valence-corrected chi connectivity index (χ4v) is 3.97. The molecule has 6 nitrogen and oxygen atoms in total. The molecule has 0 spiro atoms.